The van der Waals surface area contributed by atoms with Crippen LogP contribution in [0.3, 0.4) is 0 Å². The molecule has 0 saturated carbocycles. The molecular formula is C18H29NO. The molecule has 0 saturated heterocycles. The number of hydrogen-bond acceptors (Lipinski definition) is 2. The maximum atomic E-state index is 6.23. The molecule has 0 spiro atoms. The number of aryl methyl sites for hydroxylation is 1. The molecule has 2 nitrogen and oxygen atoms in total. The van der Waals surface area contributed by atoms with Gasteiger partial charge in [0.05, 0.1) is 12.1 Å². The molecule has 1 aliphatic rings. The van der Waals surface area contributed by atoms with Gasteiger partial charge in [0.25, 0.3) is 0 Å². The SMILES string of the molecule is CCCNC1c2ccccc2CCCC1OCC(C)C. The van der Waals surface area contributed by atoms with Crippen molar-refractivity contribution in [3.05, 3.63) is 35.4 Å². The van der Waals surface area contributed by atoms with E-state index >= 15 is 0 Å². The van der Waals surface area contributed by atoms with Crippen LogP contribution in [0.5, 0.6) is 0 Å². The minimum absolute atomic E-state index is 0.313. The van der Waals surface area contributed by atoms with Crippen molar-refractivity contribution in [3.8, 4) is 0 Å². The standard InChI is InChI=1S/C18H29NO/c1-4-12-19-18-16-10-6-5-8-15(16)9-7-11-17(18)20-13-14(2)3/h5-6,8,10,14,17-19H,4,7,9,11-13H2,1-3H3. The zero-order chi connectivity index (χ0) is 14.4. The van der Waals surface area contributed by atoms with E-state index in [2.05, 4.69) is 50.4 Å². The Balaban J connectivity index is 2.17. The summed E-state index contributed by atoms with van der Waals surface area (Å²) in [7, 11) is 0. The van der Waals surface area contributed by atoms with Crippen LogP contribution in [0.2, 0.25) is 0 Å². The monoisotopic (exact) mass is 275 g/mol. The third-order valence-corrected chi connectivity index (χ3v) is 3.95. The van der Waals surface area contributed by atoms with Crippen LogP contribution in [0, 0.1) is 5.92 Å². The fourth-order valence-corrected chi connectivity index (χ4v) is 2.96. The first-order valence-corrected chi connectivity index (χ1v) is 8.15. The van der Waals surface area contributed by atoms with Gasteiger partial charge in [-0.15, -0.1) is 0 Å². The molecule has 112 valence electrons. The molecule has 2 atom stereocenters. The summed E-state index contributed by atoms with van der Waals surface area (Å²) in [5.41, 5.74) is 2.95. The van der Waals surface area contributed by atoms with Crippen molar-refractivity contribution < 1.29 is 4.74 Å². The minimum atomic E-state index is 0.313. The molecule has 1 aliphatic carbocycles. The highest BCUT2D eigenvalue weighted by Gasteiger charge is 2.27. The third kappa shape index (κ3) is 4.07. The third-order valence-electron chi connectivity index (χ3n) is 3.95. The van der Waals surface area contributed by atoms with Crippen LogP contribution >= 0.6 is 0 Å². The molecule has 2 rings (SSSR count). The van der Waals surface area contributed by atoms with Gasteiger partial charge in [-0.05, 0) is 49.3 Å². The number of ether oxygens (including phenoxy) is 1. The highest BCUT2D eigenvalue weighted by atomic mass is 16.5. The summed E-state index contributed by atoms with van der Waals surface area (Å²) >= 11 is 0. The van der Waals surface area contributed by atoms with Gasteiger partial charge in [0.15, 0.2) is 0 Å². The van der Waals surface area contributed by atoms with Crippen molar-refractivity contribution in [2.24, 2.45) is 5.92 Å². The van der Waals surface area contributed by atoms with E-state index in [0.717, 1.165) is 26.0 Å². The highest BCUT2D eigenvalue weighted by Crippen LogP contribution is 2.31. The quantitative estimate of drug-likeness (QED) is 0.789. The van der Waals surface area contributed by atoms with E-state index in [9.17, 15) is 0 Å². The first-order valence-electron chi connectivity index (χ1n) is 8.15. The summed E-state index contributed by atoms with van der Waals surface area (Å²) in [4.78, 5) is 0. The van der Waals surface area contributed by atoms with Gasteiger partial charge in [0, 0.05) is 6.61 Å². The molecule has 1 aromatic carbocycles. The smallest absolute Gasteiger partial charge is 0.0770 e. The lowest BCUT2D eigenvalue weighted by molar-refractivity contribution is 0.00666. The summed E-state index contributed by atoms with van der Waals surface area (Å²) in [5.74, 6) is 0.598. The Morgan fingerprint density at radius 1 is 1.30 bits per heavy atom. The average molecular weight is 275 g/mol. The molecule has 1 aromatic rings. The predicted octanol–water partition coefficient (Wildman–Crippen LogP) is 4.10. The topological polar surface area (TPSA) is 21.3 Å². The summed E-state index contributed by atoms with van der Waals surface area (Å²) in [6, 6.07) is 9.22. The van der Waals surface area contributed by atoms with Crippen molar-refractivity contribution in [1.82, 2.24) is 5.32 Å². The summed E-state index contributed by atoms with van der Waals surface area (Å²) in [6.07, 6.45) is 5.04. The van der Waals surface area contributed by atoms with Gasteiger partial charge in [-0.2, -0.15) is 0 Å². The van der Waals surface area contributed by atoms with Crippen LogP contribution in [0.15, 0.2) is 24.3 Å². The normalized spacial score (nSPS) is 22.6. The molecule has 0 aromatic heterocycles. The van der Waals surface area contributed by atoms with Crippen molar-refractivity contribution >= 4 is 0 Å². The zero-order valence-corrected chi connectivity index (χ0v) is 13.2. The number of fused-ring (bicyclic) bond motifs is 1. The lowest BCUT2D eigenvalue weighted by atomic mass is 9.97. The zero-order valence-electron chi connectivity index (χ0n) is 13.2. The van der Waals surface area contributed by atoms with E-state index in [4.69, 9.17) is 4.74 Å². The predicted molar refractivity (Wildman–Crippen MR) is 85.0 cm³/mol. The van der Waals surface area contributed by atoms with Gasteiger partial charge < -0.3 is 10.1 Å². The van der Waals surface area contributed by atoms with Gasteiger partial charge in [-0.3, -0.25) is 0 Å². The van der Waals surface area contributed by atoms with Crippen molar-refractivity contribution in [2.45, 2.75) is 58.6 Å². The van der Waals surface area contributed by atoms with E-state index in [1.54, 1.807) is 0 Å². The Morgan fingerprint density at radius 2 is 2.10 bits per heavy atom. The Labute approximate surface area is 123 Å². The van der Waals surface area contributed by atoms with Crippen LogP contribution in [0.1, 0.15) is 57.2 Å². The summed E-state index contributed by atoms with van der Waals surface area (Å²) in [5, 5.41) is 3.72. The van der Waals surface area contributed by atoms with E-state index in [1.807, 2.05) is 0 Å². The molecule has 20 heavy (non-hydrogen) atoms. The molecule has 0 bridgehead atoms. The second kappa shape index (κ2) is 7.80. The molecule has 2 heteroatoms. The Hall–Kier alpha value is -0.860. The minimum Gasteiger partial charge on any atom is -0.376 e. The molecule has 1 N–H and O–H groups in total. The maximum Gasteiger partial charge on any atom is 0.0770 e. The Kier molecular flexibility index (Phi) is 6.06. The van der Waals surface area contributed by atoms with Gasteiger partial charge in [-0.25, -0.2) is 0 Å². The average Bonchev–Trinajstić information content (AvgIpc) is 2.62. The molecule has 2 unspecified atom stereocenters. The van der Waals surface area contributed by atoms with Crippen molar-refractivity contribution in [2.75, 3.05) is 13.2 Å². The largest absolute Gasteiger partial charge is 0.376 e. The molecule has 0 radical (unpaired) electrons. The number of nitrogens with one attached hydrogen (secondary N) is 1. The number of rotatable bonds is 6. The number of hydrogen-bond donors (Lipinski definition) is 1. The maximum absolute atomic E-state index is 6.23. The highest BCUT2D eigenvalue weighted by molar-refractivity contribution is 5.32. The molecule has 0 amide bonds. The lowest BCUT2D eigenvalue weighted by Crippen LogP contribution is -2.34. The van der Waals surface area contributed by atoms with Gasteiger partial charge in [-0.1, -0.05) is 45.0 Å². The van der Waals surface area contributed by atoms with Crippen LogP contribution in [0.4, 0.5) is 0 Å². The van der Waals surface area contributed by atoms with Gasteiger partial charge >= 0.3 is 0 Å². The van der Waals surface area contributed by atoms with E-state index in [-0.39, 0.29) is 0 Å². The van der Waals surface area contributed by atoms with E-state index < -0.39 is 0 Å². The summed E-state index contributed by atoms with van der Waals surface area (Å²) < 4.78 is 6.23. The summed E-state index contributed by atoms with van der Waals surface area (Å²) in [6.45, 7) is 8.58. The fourth-order valence-electron chi connectivity index (χ4n) is 2.96. The van der Waals surface area contributed by atoms with E-state index in [1.165, 1.54) is 24.0 Å². The van der Waals surface area contributed by atoms with Gasteiger partial charge in [0.2, 0.25) is 0 Å². The van der Waals surface area contributed by atoms with E-state index in [0.29, 0.717) is 18.1 Å². The van der Waals surface area contributed by atoms with Crippen LogP contribution in [0.25, 0.3) is 0 Å². The van der Waals surface area contributed by atoms with Crippen LogP contribution in [-0.4, -0.2) is 19.3 Å². The Bertz CT molecular complexity index is 402. The molecule has 0 heterocycles. The second-order valence-corrected chi connectivity index (χ2v) is 6.29. The van der Waals surface area contributed by atoms with Crippen LogP contribution < -0.4 is 5.32 Å². The van der Waals surface area contributed by atoms with Gasteiger partial charge in [0.1, 0.15) is 0 Å². The molecule has 0 aliphatic heterocycles. The Morgan fingerprint density at radius 3 is 2.85 bits per heavy atom. The molecule has 0 fully saturated rings. The fraction of sp³-hybridized carbons (Fsp3) is 0.667. The first-order chi connectivity index (χ1) is 9.72. The van der Waals surface area contributed by atoms with Crippen LogP contribution in [-0.2, 0) is 11.2 Å². The first kappa shape index (κ1) is 15.5. The second-order valence-electron chi connectivity index (χ2n) is 6.29. The number of benzene rings is 1. The van der Waals surface area contributed by atoms with Crippen molar-refractivity contribution in [3.63, 3.8) is 0 Å². The molecular weight excluding hydrogens is 246 g/mol. The lowest BCUT2D eigenvalue weighted by Gasteiger charge is -2.28. The van der Waals surface area contributed by atoms with Crippen molar-refractivity contribution in [1.29, 1.82) is 0 Å².